The molecule has 0 bridgehead atoms. The zero-order valence-corrected chi connectivity index (χ0v) is 14.8. The number of halogens is 4. The number of hydrogen-bond acceptors (Lipinski definition) is 2. The second kappa shape index (κ2) is 8.00. The van der Waals surface area contributed by atoms with Crippen LogP contribution in [0.1, 0.15) is 28.8 Å². The fourth-order valence-electron chi connectivity index (χ4n) is 3.22. The Labute approximate surface area is 159 Å². The van der Waals surface area contributed by atoms with Gasteiger partial charge in [0.15, 0.2) is 0 Å². The van der Waals surface area contributed by atoms with Crippen molar-refractivity contribution in [1.82, 2.24) is 4.90 Å². The van der Waals surface area contributed by atoms with Crippen LogP contribution in [0.5, 0.6) is 0 Å². The normalized spacial score (nSPS) is 15.4. The molecular formula is C20H18F4N2O2. The van der Waals surface area contributed by atoms with E-state index in [4.69, 9.17) is 0 Å². The SMILES string of the molecule is O=C(Nc1ccccc1C(F)(F)F)C1CCN(C(=O)c2ccccc2F)CC1. The molecule has 0 radical (unpaired) electrons. The molecule has 0 saturated carbocycles. The predicted molar refractivity (Wildman–Crippen MR) is 95.1 cm³/mol. The number of nitrogens with zero attached hydrogens (tertiary/aromatic N) is 1. The van der Waals surface area contributed by atoms with Crippen LogP contribution in [0, 0.1) is 11.7 Å². The molecule has 1 saturated heterocycles. The lowest BCUT2D eigenvalue weighted by molar-refractivity contribution is -0.137. The molecule has 28 heavy (non-hydrogen) atoms. The number of para-hydroxylation sites is 1. The maximum absolute atomic E-state index is 13.8. The zero-order valence-electron chi connectivity index (χ0n) is 14.8. The van der Waals surface area contributed by atoms with Crippen LogP contribution in [0.3, 0.4) is 0 Å². The minimum absolute atomic E-state index is 0.0375. The summed E-state index contributed by atoms with van der Waals surface area (Å²) in [6.45, 7) is 0.457. The van der Waals surface area contributed by atoms with Gasteiger partial charge in [-0.25, -0.2) is 4.39 Å². The van der Waals surface area contributed by atoms with Crippen molar-refractivity contribution in [3.8, 4) is 0 Å². The third-order valence-corrected chi connectivity index (χ3v) is 4.75. The Kier molecular flexibility index (Phi) is 5.67. The van der Waals surface area contributed by atoms with Gasteiger partial charge in [0, 0.05) is 19.0 Å². The van der Waals surface area contributed by atoms with Gasteiger partial charge in [0.05, 0.1) is 16.8 Å². The van der Waals surface area contributed by atoms with E-state index in [1.165, 1.54) is 41.3 Å². The molecule has 2 aromatic carbocycles. The minimum atomic E-state index is -4.57. The van der Waals surface area contributed by atoms with Gasteiger partial charge in [-0.15, -0.1) is 0 Å². The van der Waals surface area contributed by atoms with Gasteiger partial charge in [0.2, 0.25) is 5.91 Å². The maximum Gasteiger partial charge on any atom is 0.418 e. The first kappa shape index (κ1) is 19.9. The van der Waals surface area contributed by atoms with Gasteiger partial charge < -0.3 is 10.2 Å². The molecule has 1 aliphatic rings. The highest BCUT2D eigenvalue weighted by molar-refractivity contribution is 5.95. The van der Waals surface area contributed by atoms with Crippen molar-refractivity contribution in [2.75, 3.05) is 18.4 Å². The summed E-state index contributed by atoms with van der Waals surface area (Å²) >= 11 is 0. The van der Waals surface area contributed by atoms with Crippen molar-refractivity contribution in [3.05, 3.63) is 65.5 Å². The lowest BCUT2D eigenvalue weighted by Gasteiger charge is -2.31. The number of amides is 2. The van der Waals surface area contributed by atoms with E-state index < -0.39 is 35.3 Å². The molecule has 1 aliphatic heterocycles. The molecule has 4 nitrogen and oxygen atoms in total. The molecule has 1 N–H and O–H groups in total. The van der Waals surface area contributed by atoms with Crippen molar-refractivity contribution < 1.29 is 27.2 Å². The zero-order chi connectivity index (χ0) is 20.3. The van der Waals surface area contributed by atoms with Crippen molar-refractivity contribution >= 4 is 17.5 Å². The standard InChI is InChI=1S/C20H18F4N2O2/c21-16-7-3-1-5-14(16)19(28)26-11-9-13(10-12-26)18(27)25-17-8-4-2-6-15(17)20(22,23)24/h1-8,13H,9-12H2,(H,25,27). The molecule has 8 heteroatoms. The number of nitrogens with one attached hydrogen (secondary N) is 1. The molecular weight excluding hydrogens is 376 g/mol. The second-order valence-corrected chi connectivity index (χ2v) is 6.58. The van der Waals surface area contributed by atoms with Gasteiger partial charge in [-0.2, -0.15) is 13.2 Å². The summed E-state index contributed by atoms with van der Waals surface area (Å²) in [4.78, 5) is 26.3. The van der Waals surface area contributed by atoms with Crippen LogP contribution in [0.4, 0.5) is 23.2 Å². The predicted octanol–water partition coefficient (Wildman–Crippen LogP) is 4.34. The Morgan fingerprint density at radius 1 is 0.964 bits per heavy atom. The number of hydrogen-bond donors (Lipinski definition) is 1. The van der Waals surface area contributed by atoms with Gasteiger partial charge in [0.1, 0.15) is 5.82 Å². The van der Waals surface area contributed by atoms with Crippen LogP contribution in [-0.2, 0) is 11.0 Å². The van der Waals surface area contributed by atoms with Crippen molar-refractivity contribution in [2.24, 2.45) is 5.92 Å². The molecule has 1 fully saturated rings. The smallest absolute Gasteiger partial charge is 0.339 e. The van der Waals surface area contributed by atoms with Crippen molar-refractivity contribution in [3.63, 3.8) is 0 Å². The number of benzene rings is 2. The van der Waals surface area contributed by atoms with Crippen LogP contribution in [-0.4, -0.2) is 29.8 Å². The third kappa shape index (κ3) is 4.32. The fraction of sp³-hybridized carbons (Fsp3) is 0.300. The molecule has 0 spiro atoms. The Morgan fingerprint density at radius 2 is 1.57 bits per heavy atom. The molecule has 0 aromatic heterocycles. The average molecular weight is 394 g/mol. The summed E-state index contributed by atoms with van der Waals surface area (Å²) in [6, 6.07) is 10.4. The fourth-order valence-corrected chi connectivity index (χ4v) is 3.22. The van der Waals surface area contributed by atoms with E-state index in [2.05, 4.69) is 5.32 Å². The summed E-state index contributed by atoms with van der Waals surface area (Å²) < 4.78 is 52.9. The van der Waals surface area contributed by atoms with Crippen LogP contribution in [0.25, 0.3) is 0 Å². The van der Waals surface area contributed by atoms with E-state index in [1.54, 1.807) is 6.07 Å². The Morgan fingerprint density at radius 3 is 2.21 bits per heavy atom. The highest BCUT2D eigenvalue weighted by Crippen LogP contribution is 2.35. The van der Waals surface area contributed by atoms with E-state index in [1.807, 2.05) is 0 Å². The number of carbonyl (C=O) groups is 2. The molecule has 0 atom stereocenters. The maximum atomic E-state index is 13.8. The van der Waals surface area contributed by atoms with Crippen molar-refractivity contribution in [1.29, 1.82) is 0 Å². The molecule has 0 aliphatic carbocycles. The van der Waals surface area contributed by atoms with E-state index in [-0.39, 0.29) is 24.3 Å². The molecule has 148 valence electrons. The lowest BCUT2D eigenvalue weighted by Crippen LogP contribution is -2.41. The van der Waals surface area contributed by atoms with E-state index in [9.17, 15) is 27.2 Å². The Bertz CT molecular complexity index is 875. The van der Waals surface area contributed by atoms with E-state index in [0.29, 0.717) is 12.8 Å². The Balaban J connectivity index is 1.62. The summed E-state index contributed by atoms with van der Waals surface area (Å²) in [5, 5.41) is 2.35. The van der Waals surface area contributed by atoms with Crippen molar-refractivity contribution in [2.45, 2.75) is 19.0 Å². The highest BCUT2D eigenvalue weighted by Gasteiger charge is 2.35. The number of alkyl halides is 3. The van der Waals surface area contributed by atoms with Crippen LogP contribution < -0.4 is 5.32 Å². The number of anilines is 1. The largest absolute Gasteiger partial charge is 0.418 e. The van der Waals surface area contributed by atoms with E-state index >= 15 is 0 Å². The van der Waals surface area contributed by atoms with Crippen LogP contribution in [0.2, 0.25) is 0 Å². The third-order valence-electron chi connectivity index (χ3n) is 4.75. The summed E-state index contributed by atoms with van der Waals surface area (Å²) in [5.74, 6) is -2.11. The van der Waals surface area contributed by atoms with Crippen LogP contribution >= 0.6 is 0 Å². The summed E-state index contributed by atoms with van der Waals surface area (Å²) in [6.07, 6.45) is -3.99. The Hall–Kier alpha value is -2.90. The monoisotopic (exact) mass is 394 g/mol. The number of carbonyl (C=O) groups excluding carboxylic acids is 2. The molecule has 2 aromatic rings. The molecule has 0 unspecified atom stereocenters. The lowest BCUT2D eigenvalue weighted by atomic mass is 9.95. The first-order chi connectivity index (χ1) is 13.3. The summed E-state index contributed by atoms with van der Waals surface area (Å²) in [7, 11) is 0. The minimum Gasteiger partial charge on any atom is -0.339 e. The average Bonchev–Trinajstić information content (AvgIpc) is 2.67. The van der Waals surface area contributed by atoms with Gasteiger partial charge >= 0.3 is 6.18 Å². The second-order valence-electron chi connectivity index (χ2n) is 6.58. The number of rotatable bonds is 3. The first-order valence-electron chi connectivity index (χ1n) is 8.78. The quantitative estimate of drug-likeness (QED) is 0.788. The highest BCUT2D eigenvalue weighted by atomic mass is 19.4. The number of likely N-dealkylation sites (tertiary alicyclic amines) is 1. The first-order valence-corrected chi connectivity index (χ1v) is 8.78. The topological polar surface area (TPSA) is 49.4 Å². The molecule has 1 heterocycles. The summed E-state index contributed by atoms with van der Waals surface area (Å²) in [5.41, 5.74) is -1.23. The molecule has 2 amide bonds. The van der Waals surface area contributed by atoms with Gasteiger partial charge in [-0.3, -0.25) is 9.59 Å². The van der Waals surface area contributed by atoms with Gasteiger partial charge in [0.25, 0.3) is 5.91 Å². The molecule has 3 rings (SSSR count). The van der Waals surface area contributed by atoms with Gasteiger partial charge in [-0.1, -0.05) is 24.3 Å². The number of piperidine rings is 1. The van der Waals surface area contributed by atoms with E-state index in [0.717, 1.165) is 6.07 Å². The van der Waals surface area contributed by atoms with Gasteiger partial charge in [-0.05, 0) is 37.1 Å². The van der Waals surface area contributed by atoms with Crippen LogP contribution in [0.15, 0.2) is 48.5 Å².